The highest BCUT2D eigenvalue weighted by Gasteiger charge is 2.52. The zero-order valence-corrected chi connectivity index (χ0v) is 35.0. The van der Waals surface area contributed by atoms with Crippen molar-refractivity contribution in [3.8, 4) is 0 Å². The third kappa shape index (κ3) is 12.0. The molecule has 6 heterocycles. The molecule has 0 amide bonds. The Labute approximate surface area is 378 Å². The van der Waals surface area contributed by atoms with Gasteiger partial charge in [-0.25, -0.2) is 0 Å². The summed E-state index contributed by atoms with van der Waals surface area (Å²) in [5, 5.41) is 206. The molecule has 31 nitrogen and oxygen atoms in total. The van der Waals surface area contributed by atoms with Gasteiger partial charge in [-0.15, -0.1) is 0 Å². The fourth-order valence-electron chi connectivity index (χ4n) is 7.99. The van der Waals surface area contributed by atoms with Crippen molar-refractivity contribution >= 4 is 0 Å². The average Bonchev–Trinajstić information content (AvgIpc) is 3.31. The monoisotopic (exact) mass is 990 g/mol. The maximum atomic E-state index is 10.7. The maximum absolute atomic E-state index is 10.7. The molecule has 6 rings (SSSR count). The van der Waals surface area contributed by atoms with Crippen LogP contribution in [0, 0.1) is 0 Å². The van der Waals surface area contributed by atoms with Crippen LogP contribution in [-0.4, -0.2) is 326 Å². The Kier molecular flexibility index (Phi) is 19.4. The second-order valence-corrected chi connectivity index (χ2v) is 17.0. The molecule has 0 bridgehead atoms. The molecule has 0 aliphatic carbocycles. The molecule has 1 unspecified atom stereocenters. The summed E-state index contributed by atoms with van der Waals surface area (Å²) < 4.78 is 59.7. The van der Waals surface area contributed by atoms with Gasteiger partial charge in [0, 0.05) is 0 Å². The normalized spacial score (nSPS) is 53.4. The lowest BCUT2D eigenvalue weighted by atomic mass is 9.97. The van der Waals surface area contributed by atoms with Gasteiger partial charge in [0.15, 0.2) is 37.7 Å². The van der Waals surface area contributed by atoms with Crippen molar-refractivity contribution in [1.82, 2.24) is 0 Å². The van der Waals surface area contributed by atoms with Crippen LogP contribution in [0.2, 0.25) is 0 Å². The SMILES string of the molecule is OC[C@H]1O[C@H](OC[C@H]2O[C@H](OC[C@H]3O[C@H](OC[C@H]4O[C@H](OC[C@H]5O[C@H](OC[C@H]6OC(O)[C@H](O)[C@@H](O)[C@@H]6O)[C@H](O)[C@@H](O)[C@@H]5O)[C@H](O)[C@@H](O)[C@@H]4O)[C@H](O)[C@@H](O)[C@@H]3O)[C@H](O)[C@@H](O)[C@@H]2O)[C@H](O)[C@@H](O)[C@@H]1O. The first-order valence-corrected chi connectivity index (χ1v) is 21.1. The summed E-state index contributed by atoms with van der Waals surface area (Å²) in [5.41, 5.74) is 0. The molecule has 67 heavy (non-hydrogen) atoms. The molecule has 31 heteroatoms. The molecule has 0 saturated carbocycles. The molecule has 0 aromatic rings. The van der Waals surface area contributed by atoms with Crippen LogP contribution in [0.15, 0.2) is 0 Å². The van der Waals surface area contributed by atoms with Crippen molar-refractivity contribution in [2.45, 2.75) is 184 Å². The van der Waals surface area contributed by atoms with E-state index in [0.717, 1.165) is 0 Å². The number of rotatable bonds is 16. The first kappa shape index (κ1) is 55.1. The van der Waals surface area contributed by atoms with Gasteiger partial charge in [-0.2, -0.15) is 0 Å². The van der Waals surface area contributed by atoms with Crippen LogP contribution in [-0.2, 0) is 52.1 Å². The van der Waals surface area contributed by atoms with Crippen LogP contribution in [0.1, 0.15) is 0 Å². The van der Waals surface area contributed by atoms with Gasteiger partial charge in [-0.1, -0.05) is 0 Å². The van der Waals surface area contributed by atoms with Crippen LogP contribution in [0.5, 0.6) is 0 Å². The maximum Gasteiger partial charge on any atom is 0.186 e. The lowest BCUT2D eigenvalue weighted by molar-refractivity contribution is -0.352. The summed E-state index contributed by atoms with van der Waals surface area (Å²) in [6.45, 7) is -4.51. The average molecular weight is 991 g/mol. The zero-order chi connectivity index (χ0) is 49.3. The van der Waals surface area contributed by atoms with E-state index in [-0.39, 0.29) is 0 Å². The van der Waals surface area contributed by atoms with E-state index in [4.69, 9.17) is 52.1 Å². The first-order valence-electron chi connectivity index (χ1n) is 21.1. The Morgan fingerprint density at radius 1 is 0.224 bits per heavy atom. The Morgan fingerprint density at radius 3 is 0.657 bits per heavy atom. The van der Waals surface area contributed by atoms with E-state index in [9.17, 15) is 102 Å². The summed E-state index contributed by atoms with van der Waals surface area (Å²) in [5.74, 6) is 0. The van der Waals surface area contributed by atoms with E-state index in [1.54, 1.807) is 0 Å². The van der Waals surface area contributed by atoms with E-state index >= 15 is 0 Å². The molecule has 6 aliphatic rings. The van der Waals surface area contributed by atoms with Crippen molar-refractivity contribution in [2.75, 3.05) is 39.6 Å². The van der Waals surface area contributed by atoms with Gasteiger partial charge in [0.25, 0.3) is 0 Å². The van der Waals surface area contributed by atoms with Crippen LogP contribution in [0.4, 0.5) is 0 Å². The predicted molar refractivity (Wildman–Crippen MR) is 199 cm³/mol. The number of aliphatic hydroxyl groups excluding tert-OH is 20. The highest BCUT2D eigenvalue weighted by molar-refractivity contribution is 4.96. The van der Waals surface area contributed by atoms with Gasteiger partial charge in [0.2, 0.25) is 0 Å². The highest BCUT2D eigenvalue weighted by Crippen LogP contribution is 2.31. The van der Waals surface area contributed by atoms with Crippen LogP contribution < -0.4 is 0 Å². The number of hydrogen-bond donors (Lipinski definition) is 20. The van der Waals surface area contributed by atoms with Crippen molar-refractivity contribution < 1.29 is 154 Å². The molecule has 6 aliphatic heterocycles. The Hall–Kier alpha value is -1.24. The van der Waals surface area contributed by atoms with E-state index in [2.05, 4.69) is 0 Å². The van der Waals surface area contributed by atoms with Crippen LogP contribution in [0.25, 0.3) is 0 Å². The number of hydrogen-bond acceptors (Lipinski definition) is 31. The van der Waals surface area contributed by atoms with Crippen LogP contribution in [0.3, 0.4) is 0 Å². The van der Waals surface area contributed by atoms with Gasteiger partial charge < -0.3 is 154 Å². The largest absolute Gasteiger partial charge is 0.394 e. The smallest absolute Gasteiger partial charge is 0.186 e. The fourth-order valence-corrected chi connectivity index (χ4v) is 7.99. The van der Waals surface area contributed by atoms with Crippen molar-refractivity contribution in [3.05, 3.63) is 0 Å². The molecule has 0 aromatic heterocycles. The lowest BCUT2D eigenvalue weighted by Gasteiger charge is -2.44. The summed E-state index contributed by atoms with van der Waals surface area (Å²) >= 11 is 0. The Balaban J connectivity index is 1.01. The molecular weight excluding hydrogens is 928 g/mol. The third-order valence-corrected chi connectivity index (χ3v) is 12.3. The fraction of sp³-hybridized carbons (Fsp3) is 1.00. The van der Waals surface area contributed by atoms with Gasteiger partial charge in [0.05, 0.1) is 39.6 Å². The molecule has 0 aromatic carbocycles. The summed E-state index contributed by atoms with van der Waals surface area (Å²) in [7, 11) is 0. The quantitative estimate of drug-likeness (QED) is 0.0683. The molecule has 30 atom stereocenters. The summed E-state index contributed by atoms with van der Waals surface area (Å²) in [6.07, 6.45) is -54.2. The minimum absolute atomic E-state index is 0.692. The summed E-state index contributed by atoms with van der Waals surface area (Å²) in [6, 6.07) is 0. The molecule has 392 valence electrons. The molecule has 6 fully saturated rings. The van der Waals surface area contributed by atoms with Gasteiger partial charge >= 0.3 is 0 Å². The molecule has 6 saturated heterocycles. The highest BCUT2D eigenvalue weighted by atomic mass is 16.8. The Bertz CT molecular complexity index is 1510. The van der Waals surface area contributed by atoms with E-state index in [1.807, 2.05) is 0 Å². The van der Waals surface area contributed by atoms with Gasteiger partial charge in [0.1, 0.15) is 146 Å². The molecule has 20 N–H and O–H groups in total. The number of aliphatic hydroxyl groups is 20. The second kappa shape index (κ2) is 23.5. The molecular formula is C36H62O31. The molecule has 0 radical (unpaired) electrons. The van der Waals surface area contributed by atoms with Crippen molar-refractivity contribution in [2.24, 2.45) is 0 Å². The lowest BCUT2D eigenvalue weighted by Crippen LogP contribution is -2.63. The van der Waals surface area contributed by atoms with Crippen molar-refractivity contribution in [1.29, 1.82) is 0 Å². The van der Waals surface area contributed by atoms with E-state index in [0.29, 0.717) is 0 Å². The van der Waals surface area contributed by atoms with Gasteiger partial charge in [-0.3, -0.25) is 0 Å². The second-order valence-electron chi connectivity index (χ2n) is 17.0. The zero-order valence-electron chi connectivity index (χ0n) is 35.0. The standard InChI is InChI=1S/C36H62O31/c37-1-7-13(38)20(45)26(51)32(63-7)58-3-9-15(40)22(47)28(53)34(65-9)60-5-11-17(42)24(49)30(55)36(67-11)61-6-12-18(43)23(48)29(54)35(66-12)59-4-10-16(41)21(46)27(52)33(64-10)57-2-8-14(39)19(44)25(50)31(56)62-8/h7-56H,1-6H2/t7-,8-,9-,10-,11-,12-,13-,14-,15-,16-,17-,18-,19+,20+,21+,22+,23+,24+,25-,26-,27-,28-,29-,30-,31?,32+,33+,34+,35+,36+/m1/s1. The predicted octanol–water partition coefficient (Wildman–Crippen LogP) is -14.1. The van der Waals surface area contributed by atoms with Crippen molar-refractivity contribution in [3.63, 3.8) is 0 Å². The number of ether oxygens (including phenoxy) is 11. The van der Waals surface area contributed by atoms with E-state index in [1.165, 1.54) is 0 Å². The van der Waals surface area contributed by atoms with Crippen LogP contribution >= 0.6 is 0 Å². The first-order chi connectivity index (χ1) is 31.6. The van der Waals surface area contributed by atoms with E-state index < -0.39 is 224 Å². The third-order valence-electron chi connectivity index (χ3n) is 12.3. The van der Waals surface area contributed by atoms with Gasteiger partial charge in [-0.05, 0) is 0 Å². The minimum Gasteiger partial charge on any atom is -0.394 e. The Morgan fingerprint density at radius 2 is 0.418 bits per heavy atom. The topological polar surface area (TPSA) is 506 Å². The minimum atomic E-state index is -2.01. The molecule has 0 spiro atoms. The summed E-state index contributed by atoms with van der Waals surface area (Å²) in [4.78, 5) is 0.